The monoisotopic (exact) mass is 470 g/mol. The van der Waals surface area contributed by atoms with E-state index in [1.807, 2.05) is 32.0 Å². The molecule has 0 unspecified atom stereocenters. The van der Waals surface area contributed by atoms with Crippen molar-refractivity contribution in [3.63, 3.8) is 0 Å². The van der Waals surface area contributed by atoms with Crippen LogP contribution in [0.25, 0.3) is 11.6 Å². The number of aryl methyl sites for hydroxylation is 1. The predicted octanol–water partition coefficient (Wildman–Crippen LogP) is 4.25. The first-order chi connectivity index (χ1) is 16.9. The van der Waals surface area contributed by atoms with Crippen LogP contribution < -0.4 is 19.7 Å². The molecule has 0 radical (unpaired) electrons. The van der Waals surface area contributed by atoms with Crippen molar-refractivity contribution in [1.29, 1.82) is 0 Å². The number of amides is 3. The summed E-state index contributed by atoms with van der Waals surface area (Å²) in [5.41, 5.74) is 3.56. The molecular weight excluding hydrogens is 444 g/mol. The van der Waals surface area contributed by atoms with Crippen LogP contribution in [-0.4, -0.2) is 38.0 Å². The third-order valence-corrected chi connectivity index (χ3v) is 5.58. The quantitative estimate of drug-likeness (QED) is 0.412. The van der Waals surface area contributed by atoms with Crippen molar-refractivity contribution >= 4 is 35.1 Å². The predicted molar refractivity (Wildman–Crippen MR) is 134 cm³/mol. The zero-order chi connectivity index (χ0) is 24.9. The van der Waals surface area contributed by atoms with E-state index in [4.69, 9.17) is 9.47 Å². The van der Waals surface area contributed by atoms with Crippen LogP contribution in [0.3, 0.4) is 0 Å². The summed E-state index contributed by atoms with van der Waals surface area (Å²) in [4.78, 5) is 39.8. The molecule has 3 amide bonds. The Morgan fingerprint density at radius 2 is 1.71 bits per heavy atom. The van der Waals surface area contributed by atoms with Crippen molar-refractivity contribution in [3.05, 3.63) is 89.0 Å². The highest BCUT2D eigenvalue weighted by Gasteiger charge is 2.35. The lowest BCUT2D eigenvalue weighted by Crippen LogP contribution is -2.41. The molecule has 35 heavy (non-hydrogen) atoms. The van der Waals surface area contributed by atoms with Crippen molar-refractivity contribution in [2.75, 3.05) is 25.2 Å². The minimum Gasteiger partial charge on any atom is -0.493 e. The first kappa shape index (κ1) is 23.8. The number of anilines is 1. The number of benzene rings is 3. The third kappa shape index (κ3) is 4.94. The smallest absolute Gasteiger partial charge is 0.265 e. The molecule has 0 fully saturated rings. The molecule has 0 atom stereocenters. The Morgan fingerprint density at radius 3 is 2.43 bits per heavy atom. The van der Waals surface area contributed by atoms with Gasteiger partial charge in [-0.15, -0.1) is 0 Å². The van der Waals surface area contributed by atoms with Crippen LogP contribution in [0.4, 0.5) is 5.69 Å². The summed E-state index contributed by atoms with van der Waals surface area (Å²) >= 11 is 0. The summed E-state index contributed by atoms with van der Waals surface area (Å²) in [6.07, 6.45) is 1.73. The van der Waals surface area contributed by atoms with Gasteiger partial charge in [0, 0.05) is 17.7 Å². The van der Waals surface area contributed by atoms with Crippen LogP contribution in [0.15, 0.2) is 66.7 Å². The van der Waals surface area contributed by atoms with Gasteiger partial charge in [-0.25, -0.2) is 4.90 Å². The Bertz CT molecular complexity index is 1330. The minimum absolute atomic E-state index is 0.135. The van der Waals surface area contributed by atoms with Gasteiger partial charge in [-0.2, -0.15) is 0 Å². The second-order valence-electron chi connectivity index (χ2n) is 8.04. The Kier molecular flexibility index (Phi) is 6.96. The van der Waals surface area contributed by atoms with Gasteiger partial charge in [0.1, 0.15) is 0 Å². The second kappa shape index (κ2) is 10.3. The molecule has 178 valence electrons. The van der Waals surface area contributed by atoms with E-state index in [0.29, 0.717) is 46.0 Å². The van der Waals surface area contributed by atoms with Gasteiger partial charge >= 0.3 is 0 Å². The molecule has 0 spiro atoms. The van der Waals surface area contributed by atoms with E-state index in [9.17, 15) is 14.4 Å². The Balaban J connectivity index is 1.73. The molecule has 7 nitrogen and oxygen atoms in total. The van der Waals surface area contributed by atoms with Crippen molar-refractivity contribution in [3.8, 4) is 11.5 Å². The average molecular weight is 471 g/mol. The molecule has 0 bridgehead atoms. The molecule has 1 N–H and O–H groups in total. The lowest BCUT2D eigenvalue weighted by Gasteiger charge is -2.29. The number of nitrogens with one attached hydrogen (secondary N) is 1. The zero-order valence-electron chi connectivity index (χ0n) is 19.8. The number of fused-ring (bicyclic) bond motifs is 1. The van der Waals surface area contributed by atoms with E-state index >= 15 is 0 Å². The molecule has 3 aromatic carbocycles. The van der Waals surface area contributed by atoms with E-state index in [1.54, 1.807) is 54.6 Å². The standard InChI is InChI=1S/C28H26N2O5/c1-4-29-26(31)17-35-24-13-12-19(16-25(24)34-3)15-23-21-10-5-6-11-22(21)27(32)30(28(23)33)20-9-7-8-18(2)14-20/h5-16H,4,17H2,1-3H3,(H,29,31)/b23-15-. The maximum atomic E-state index is 13.6. The molecule has 7 heteroatoms. The molecule has 0 aliphatic carbocycles. The number of ether oxygens (including phenoxy) is 2. The Labute approximate surface area is 204 Å². The van der Waals surface area contributed by atoms with Crippen molar-refractivity contribution in [2.24, 2.45) is 0 Å². The van der Waals surface area contributed by atoms with Crippen LogP contribution in [0.1, 0.15) is 34.0 Å². The van der Waals surface area contributed by atoms with E-state index in [1.165, 1.54) is 12.0 Å². The number of likely N-dealkylation sites (N-methyl/N-ethyl adjacent to an activating group) is 1. The third-order valence-electron chi connectivity index (χ3n) is 5.58. The number of methoxy groups -OCH3 is 1. The fraction of sp³-hybridized carbons (Fsp3) is 0.179. The number of hydrogen-bond donors (Lipinski definition) is 1. The van der Waals surface area contributed by atoms with Crippen LogP contribution in [0.2, 0.25) is 0 Å². The van der Waals surface area contributed by atoms with Gasteiger partial charge in [-0.05, 0) is 66.9 Å². The highest BCUT2D eigenvalue weighted by molar-refractivity contribution is 6.43. The maximum absolute atomic E-state index is 13.6. The minimum atomic E-state index is -0.408. The lowest BCUT2D eigenvalue weighted by atomic mass is 9.91. The molecule has 1 aliphatic rings. The van der Waals surface area contributed by atoms with Crippen LogP contribution in [0.5, 0.6) is 11.5 Å². The maximum Gasteiger partial charge on any atom is 0.265 e. The highest BCUT2D eigenvalue weighted by atomic mass is 16.5. The van der Waals surface area contributed by atoms with E-state index in [-0.39, 0.29) is 18.4 Å². The Hall–Kier alpha value is -4.39. The summed E-state index contributed by atoms with van der Waals surface area (Å²) in [7, 11) is 1.50. The van der Waals surface area contributed by atoms with Gasteiger partial charge in [0.25, 0.3) is 17.7 Å². The fourth-order valence-corrected chi connectivity index (χ4v) is 3.95. The highest BCUT2D eigenvalue weighted by Crippen LogP contribution is 2.35. The summed E-state index contributed by atoms with van der Waals surface area (Å²) in [5, 5.41) is 2.67. The van der Waals surface area contributed by atoms with Gasteiger partial charge in [0.2, 0.25) is 0 Å². The van der Waals surface area contributed by atoms with Crippen LogP contribution >= 0.6 is 0 Å². The Morgan fingerprint density at radius 1 is 0.943 bits per heavy atom. The van der Waals surface area contributed by atoms with Crippen LogP contribution in [0, 0.1) is 6.92 Å². The fourth-order valence-electron chi connectivity index (χ4n) is 3.95. The molecule has 4 rings (SSSR count). The number of hydrogen-bond acceptors (Lipinski definition) is 5. The van der Waals surface area contributed by atoms with Crippen molar-refractivity contribution in [1.82, 2.24) is 5.32 Å². The number of imide groups is 1. The largest absolute Gasteiger partial charge is 0.493 e. The van der Waals surface area contributed by atoms with Crippen LogP contribution in [-0.2, 0) is 9.59 Å². The molecular formula is C28H26N2O5. The second-order valence-corrected chi connectivity index (χ2v) is 8.04. The summed E-state index contributed by atoms with van der Waals surface area (Å²) in [5.74, 6) is -0.166. The molecule has 1 aliphatic heterocycles. The number of nitrogens with zero attached hydrogens (tertiary/aromatic N) is 1. The van der Waals surface area contributed by atoms with Gasteiger partial charge < -0.3 is 14.8 Å². The topological polar surface area (TPSA) is 84.9 Å². The van der Waals surface area contributed by atoms with Crippen molar-refractivity contribution < 1.29 is 23.9 Å². The number of carbonyl (C=O) groups excluding carboxylic acids is 3. The number of rotatable bonds is 7. The molecule has 0 saturated heterocycles. The SMILES string of the molecule is CCNC(=O)COc1ccc(/C=C2\C(=O)N(c3cccc(C)c3)C(=O)c3ccccc32)cc1OC. The van der Waals surface area contributed by atoms with Gasteiger partial charge in [0.05, 0.1) is 12.8 Å². The first-order valence-corrected chi connectivity index (χ1v) is 11.3. The first-order valence-electron chi connectivity index (χ1n) is 11.3. The van der Waals surface area contributed by atoms with E-state index < -0.39 is 5.91 Å². The lowest BCUT2D eigenvalue weighted by molar-refractivity contribution is -0.123. The zero-order valence-corrected chi connectivity index (χ0v) is 19.8. The molecule has 3 aromatic rings. The normalized spacial score (nSPS) is 14.0. The summed E-state index contributed by atoms with van der Waals surface area (Å²) in [6, 6.07) is 19.5. The summed E-state index contributed by atoms with van der Waals surface area (Å²) in [6.45, 7) is 4.13. The van der Waals surface area contributed by atoms with E-state index in [2.05, 4.69) is 5.32 Å². The molecule has 0 aromatic heterocycles. The average Bonchev–Trinajstić information content (AvgIpc) is 2.86. The molecule has 0 saturated carbocycles. The van der Waals surface area contributed by atoms with Gasteiger partial charge in [0.15, 0.2) is 18.1 Å². The van der Waals surface area contributed by atoms with Gasteiger partial charge in [-0.3, -0.25) is 14.4 Å². The van der Waals surface area contributed by atoms with Crippen molar-refractivity contribution in [2.45, 2.75) is 13.8 Å². The van der Waals surface area contributed by atoms with E-state index in [0.717, 1.165) is 5.56 Å². The number of carbonyl (C=O) groups is 3. The summed E-state index contributed by atoms with van der Waals surface area (Å²) < 4.78 is 11.0. The van der Waals surface area contributed by atoms with Gasteiger partial charge in [-0.1, -0.05) is 36.4 Å². The molecule has 1 heterocycles.